The summed E-state index contributed by atoms with van der Waals surface area (Å²) in [5.41, 5.74) is 0.368. The van der Waals surface area contributed by atoms with Crippen LogP contribution in [-0.4, -0.2) is 103 Å². The standard InChI is InChI=1S/C27H43N3O7S2/c1-4-5-14-33-16-13-29-25(31)10-7-15-34-17-18-35-19-20-36-26(39-38-3)22-37-24-9-6-8-23(21-24)27(32)30-12-11-28-2/h6,8-9,21,26,28H,7,10-20,22H2,1-3H3,(H,29,31)(H,30,32)/t26-/m0/s1. The number of likely N-dealkylation sites (N-methyl/N-ethyl adjacent to an activating group) is 1. The van der Waals surface area contributed by atoms with E-state index in [1.165, 1.54) is 0 Å². The van der Waals surface area contributed by atoms with E-state index in [2.05, 4.69) is 27.8 Å². The van der Waals surface area contributed by atoms with Crippen LogP contribution in [0.25, 0.3) is 0 Å². The van der Waals surface area contributed by atoms with Gasteiger partial charge in [-0.3, -0.25) is 9.59 Å². The van der Waals surface area contributed by atoms with Crippen molar-refractivity contribution in [3.63, 3.8) is 0 Å². The number of carbonyl (C=O) groups is 2. The van der Waals surface area contributed by atoms with Crippen molar-refractivity contribution in [2.75, 3.05) is 85.8 Å². The van der Waals surface area contributed by atoms with Gasteiger partial charge in [-0.15, -0.1) is 5.92 Å². The van der Waals surface area contributed by atoms with E-state index in [1.807, 2.05) is 19.4 Å². The molecule has 0 aliphatic heterocycles. The average molecular weight is 586 g/mol. The minimum Gasteiger partial charge on any atom is -0.490 e. The minimum atomic E-state index is -0.185. The van der Waals surface area contributed by atoms with Crippen LogP contribution in [0, 0.1) is 11.8 Å². The average Bonchev–Trinajstić information content (AvgIpc) is 2.94. The maximum absolute atomic E-state index is 12.2. The van der Waals surface area contributed by atoms with Gasteiger partial charge in [-0.05, 0) is 44.8 Å². The Kier molecular flexibility index (Phi) is 22.5. The summed E-state index contributed by atoms with van der Waals surface area (Å²) in [5.74, 6) is 6.01. The summed E-state index contributed by atoms with van der Waals surface area (Å²) in [6.45, 7) is 6.94. The van der Waals surface area contributed by atoms with Gasteiger partial charge in [0, 0.05) is 38.2 Å². The van der Waals surface area contributed by atoms with E-state index in [0.717, 1.165) is 0 Å². The van der Waals surface area contributed by atoms with Gasteiger partial charge in [0.1, 0.15) is 24.4 Å². The molecule has 3 N–H and O–H groups in total. The first-order chi connectivity index (χ1) is 19.1. The Hall–Kier alpha value is -1.98. The summed E-state index contributed by atoms with van der Waals surface area (Å²) in [4.78, 5) is 24.0. The molecule has 1 aromatic rings. The van der Waals surface area contributed by atoms with Crippen LogP contribution < -0.4 is 20.7 Å². The van der Waals surface area contributed by atoms with E-state index in [1.54, 1.807) is 46.7 Å². The summed E-state index contributed by atoms with van der Waals surface area (Å²) in [6.07, 6.45) is 3.04. The summed E-state index contributed by atoms with van der Waals surface area (Å²) >= 11 is 0. The first kappa shape index (κ1) is 35.0. The van der Waals surface area contributed by atoms with E-state index >= 15 is 0 Å². The number of amides is 2. The Labute approximate surface area is 240 Å². The molecule has 0 saturated carbocycles. The zero-order valence-corrected chi connectivity index (χ0v) is 24.9. The Bertz CT molecular complexity index is 852. The number of hydrogen-bond acceptors (Lipinski definition) is 10. The Morgan fingerprint density at radius 2 is 1.77 bits per heavy atom. The third-order valence-electron chi connectivity index (χ3n) is 4.86. The summed E-state index contributed by atoms with van der Waals surface area (Å²) < 4.78 is 28.1. The molecule has 12 heteroatoms. The second-order valence-electron chi connectivity index (χ2n) is 7.92. The highest BCUT2D eigenvalue weighted by molar-refractivity contribution is 8.76. The summed E-state index contributed by atoms with van der Waals surface area (Å²) in [5, 5.41) is 8.65. The number of nitrogens with one attached hydrogen (secondary N) is 3. The normalized spacial score (nSPS) is 11.4. The van der Waals surface area contributed by atoms with Crippen molar-refractivity contribution in [3.05, 3.63) is 29.8 Å². The molecule has 1 aromatic carbocycles. The molecule has 0 bridgehead atoms. The molecule has 0 aliphatic carbocycles. The van der Waals surface area contributed by atoms with Crippen molar-refractivity contribution in [2.24, 2.45) is 0 Å². The predicted molar refractivity (Wildman–Crippen MR) is 157 cm³/mol. The summed E-state index contributed by atoms with van der Waals surface area (Å²) in [7, 11) is 5.00. The van der Waals surface area contributed by atoms with Crippen molar-refractivity contribution < 1.29 is 33.3 Å². The number of benzene rings is 1. The fourth-order valence-electron chi connectivity index (χ4n) is 2.95. The lowest BCUT2D eigenvalue weighted by Gasteiger charge is -2.17. The molecule has 220 valence electrons. The van der Waals surface area contributed by atoms with Gasteiger partial charge in [0.2, 0.25) is 5.91 Å². The van der Waals surface area contributed by atoms with Gasteiger partial charge < -0.3 is 39.6 Å². The van der Waals surface area contributed by atoms with Gasteiger partial charge in [0.15, 0.2) is 0 Å². The zero-order valence-electron chi connectivity index (χ0n) is 23.3. The summed E-state index contributed by atoms with van der Waals surface area (Å²) in [6, 6.07) is 7.10. The second kappa shape index (κ2) is 25.0. The van der Waals surface area contributed by atoms with Crippen molar-refractivity contribution >= 4 is 33.4 Å². The van der Waals surface area contributed by atoms with E-state index in [0.29, 0.717) is 96.6 Å². The Morgan fingerprint density at radius 1 is 0.974 bits per heavy atom. The molecule has 0 saturated heterocycles. The minimum absolute atomic E-state index is 0.0165. The first-order valence-electron chi connectivity index (χ1n) is 13.0. The molecular formula is C27H43N3O7S2. The van der Waals surface area contributed by atoms with Crippen molar-refractivity contribution in [1.29, 1.82) is 0 Å². The molecule has 0 fully saturated rings. The van der Waals surface area contributed by atoms with Crippen LogP contribution in [0.4, 0.5) is 0 Å². The smallest absolute Gasteiger partial charge is 0.251 e. The first-order valence-corrected chi connectivity index (χ1v) is 15.6. The topological polar surface area (TPSA) is 116 Å². The Balaban J connectivity index is 2.10. The molecule has 2 amide bonds. The van der Waals surface area contributed by atoms with Crippen molar-refractivity contribution in [1.82, 2.24) is 16.0 Å². The molecule has 0 aliphatic rings. The molecule has 0 radical (unpaired) electrons. The second-order valence-corrected chi connectivity index (χ2v) is 10.5. The van der Waals surface area contributed by atoms with E-state index < -0.39 is 0 Å². The SMILES string of the molecule is CC#CCOCCNC(=O)CCCOCCOCCO[C@H](COc1cccc(C(=O)NCCNC)c1)SSC. The number of rotatable bonds is 24. The van der Waals surface area contributed by atoms with Crippen LogP contribution in [0.2, 0.25) is 0 Å². The molecule has 0 spiro atoms. The highest BCUT2D eigenvalue weighted by Crippen LogP contribution is 2.25. The van der Waals surface area contributed by atoms with Gasteiger partial charge in [-0.1, -0.05) is 33.6 Å². The Morgan fingerprint density at radius 3 is 2.54 bits per heavy atom. The quantitative estimate of drug-likeness (QED) is 0.0723. The van der Waals surface area contributed by atoms with E-state index in [9.17, 15) is 9.59 Å². The highest BCUT2D eigenvalue weighted by atomic mass is 33.1. The molecule has 0 aromatic heterocycles. The van der Waals surface area contributed by atoms with E-state index in [4.69, 9.17) is 23.7 Å². The van der Waals surface area contributed by atoms with Crippen LogP contribution in [0.15, 0.2) is 24.3 Å². The largest absolute Gasteiger partial charge is 0.490 e. The van der Waals surface area contributed by atoms with Gasteiger partial charge in [0.25, 0.3) is 5.91 Å². The van der Waals surface area contributed by atoms with Gasteiger partial charge in [-0.2, -0.15) is 0 Å². The monoisotopic (exact) mass is 585 g/mol. The zero-order chi connectivity index (χ0) is 28.4. The fourth-order valence-corrected chi connectivity index (χ4v) is 4.41. The maximum atomic E-state index is 12.2. The third-order valence-corrected chi connectivity index (χ3v) is 6.76. The molecule has 0 heterocycles. The van der Waals surface area contributed by atoms with Crippen molar-refractivity contribution in [2.45, 2.75) is 25.2 Å². The molecular weight excluding hydrogens is 542 g/mol. The van der Waals surface area contributed by atoms with Crippen LogP contribution in [-0.2, 0) is 23.7 Å². The number of ether oxygens (including phenoxy) is 5. The van der Waals surface area contributed by atoms with Gasteiger partial charge in [-0.25, -0.2) is 0 Å². The predicted octanol–water partition coefficient (Wildman–Crippen LogP) is 2.34. The van der Waals surface area contributed by atoms with Crippen LogP contribution in [0.1, 0.15) is 30.1 Å². The highest BCUT2D eigenvalue weighted by Gasteiger charge is 2.12. The van der Waals surface area contributed by atoms with Gasteiger partial charge in [0.05, 0.1) is 33.0 Å². The van der Waals surface area contributed by atoms with Crippen molar-refractivity contribution in [3.8, 4) is 17.6 Å². The lowest BCUT2D eigenvalue weighted by molar-refractivity contribution is -0.121. The van der Waals surface area contributed by atoms with Crippen LogP contribution in [0.5, 0.6) is 5.75 Å². The van der Waals surface area contributed by atoms with Gasteiger partial charge >= 0.3 is 0 Å². The molecule has 0 unspecified atom stereocenters. The molecule has 1 atom stereocenters. The molecule has 39 heavy (non-hydrogen) atoms. The lowest BCUT2D eigenvalue weighted by Crippen LogP contribution is -2.30. The third kappa shape index (κ3) is 19.7. The lowest BCUT2D eigenvalue weighted by atomic mass is 10.2. The molecule has 1 rings (SSSR count). The van der Waals surface area contributed by atoms with Crippen LogP contribution in [0.3, 0.4) is 0 Å². The number of hydrogen-bond donors (Lipinski definition) is 3. The van der Waals surface area contributed by atoms with E-state index in [-0.39, 0.29) is 17.3 Å². The fraction of sp³-hybridized carbons (Fsp3) is 0.630. The van der Waals surface area contributed by atoms with Crippen LogP contribution >= 0.6 is 21.6 Å². The maximum Gasteiger partial charge on any atom is 0.251 e. The number of carbonyl (C=O) groups excluding carboxylic acids is 2. The molecule has 10 nitrogen and oxygen atoms in total.